The van der Waals surface area contributed by atoms with E-state index in [1.807, 2.05) is 30.3 Å². The van der Waals surface area contributed by atoms with Crippen LogP contribution in [0.25, 0.3) is 0 Å². The van der Waals surface area contributed by atoms with Gasteiger partial charge in [-0.05, 0) is 17.7 Å². The first kappa shape index (κ1) is 15.0. The van der Waals surface area contributed by atoms with E-state index in [1.165, 1.54) is 12.5 Å². The van der Waals surface area contributed by atoms with Gasteiger partial charge in [0.1, 0.15) is 5.76 Å². The maximum atomic E-state index is 12.1. The Bertz CT molecular complexity index is 695. The number of benzene rings is 1. The van der Waals surface area contributed by atoms with Crippen molar-refractivity contribution in [1.82, 2.24) is 10.3 Å². The Kier molecular flexibility index (Phi) is 4.52. The van der Waals surface area contributed by atoms with Crippen molar-refractivity contribution in [3.8, 4) is 0 Å². The lowest BCUT2D eigenvalue weighted by Crippen LogP contribution is -2.30. The molecule has 2 heterocycles. The fourth-order valence-electron chi connectivity index (χ4n) is 2.52. The van der Waals surface area contributed by atoms with Crippen LogP contribution in [0.3, 0.4) is 0 Å². The molecule has 1 fully saturated rings. The van der Waals surface area contributed by atoms with Crippen LogP contribution in [0.4, 0.5) is 0 Å². The Hall–Kier alpha value is -2.89. The molecule has 1 aromatic heterocycles. The largest absolute Gasteiger partial charge is 0.463 e. The van der Waals surface area contributed by atoms with Crippen LogP contribution in [0, 0.1) is 5.92 Å². The van der Waals surface area contributed by atoms with Crippen LogP contribution in [0.1, 0.15) is 17.7 Å². The fraction of sp³-hybridized carbons (Fsp3) is 0.235. The lowest BCUT2D eigenvalue weighted by Gasteiger charge is -2.16. The first-order valence-electron chi connectivity index (χ1n) is 7.40. The predicted octanol–water partition coefficient (Wildman–Crippen LogP) is 1.78. The molecule has 0 aliphatic carbocycles. The zero-order valence-corrected chi connectivity index (χ0v) is 12.5. The van der Waals surface area contributed by atoms with Gasteiger partial charge in [0.05, 0.1) is 18.4 Å². The van der Waals surface area contributed by atoms with Gasteiger partial charge in [-0.25, -0.2) is 5.43 Å². The van der Waals surface area contributed by atoms with Crippen LogP contribution in [-0.2, 0) is 16.1 Å². The van der Waals surface area contributed by atoms with E-state index in [0.29, 0.717) is 18.8 Å². The molecule has 2 amide bonds. The van der Waals surface area contributed by atoms with E-state index in [-0.39, 0.29) is 24.2 Å². The smallest absolute Gasteiger partial charge is 0.245 e. The molecule has 0 radical (unpaired) electrons. The van der Waals surface area contributed by atoms with Crippen LogP contribution < -0.4 is 5.43 Å². The van der Waals surface area contributed by atoms with Gasteiger partial charge in [-0.3, -0.25) is 9.59 Å². The number of carbonyl (C=O) groups is 2. The van der Waals surface area contributed by atoms with Crippen molar-refractivity contribution in [2.45, 2.75) is 13.0 Å². The van der Waals surface area contributed by atoms with E-state index in [9.17, 15) is 9.59 Å². The molecule has 1 aliphatic heterocycles. The normalized spacial score (nSPS) is 17.8. The van der Waals surface area contributed by atoms with E-state index in [1.54, 1.807) is 17.0 Å². The molecule has 1 aromatic carbocycles. The quantitative estimate of drug-likeness (QED) is 0.675. The molecule has 23 heavy (non-hydrogen) atoms. The van der Waals surface area contributed by atoms with Crippen LogP contribution in [0.2, 0.25) is 0 Å². The summed E-state index contributed by atoms with van der Waals surface area (Å²) >= 11 is 0. The Morgan fingerprint density at radius 1 is 1.30 bits per heavy atom. The molecule has 1 N–H and O–H groups in total. The predicted molar refractivity (Wildman–Crippen MR) is 84.4 cm³/mol. The van der Waals surface area contributed by atoms with E-state index < -0.39 is 0 Å². The Morgan fingerprint density at radius 2 is 2.13 bits per heavy atom. The molecule has 2 aromatic rings. The number of amides is 2. The zero-order chi connectivity index (χ0) is 16.1. The second kappa shape index (κ2) is 6.91. The fourth-order valence-corrected chi connectivity index (χ4v) is 2.52. The number of nitrogens with zero attached hydrogens (tertiary/aromatic N) is 2. The summed E-state index contributed by atoms with van der Waals surface area (Å²) in [5.41, 5.74) is 3.51. The third-order valence-electron chi connectivity index (χ3n) is 3.71. The van der Waals surface area contributed by atoms with Crippen molar-refractivity contribution in [1.29, 1.82) is 0 Å². The number of hydrazone groups is 1. The molecule has 1 atom stereocenters. The summed E-state index contributed by atoms with van der Waals surface area (Å²) in [4.78, 5) is 25.8. The van der Waals surface area contributed by atoms with Gasteiger partial charge in [-0.1, -0.05) is 30.3 Å². The molecule has 6 nitrogen and oxygen atoms in total. The maximum Gasteiger partial charge on any atom is 0.245 e. The molecule has 1 saturated heterocycles. The number of furan rings is 1. The molecule has 1 aliphatic rings. The van der Waals surface area contributed by atoms with Gasteiger partial charge in [0.2, 0.25) is 11.8 Å². The molecule has 118 valence electrons. The number of hydrogen-bond donors (Lipinski definition) is 1. The molecule has 1 unspecified atom stereocenters. The number of rotatable bonds is 5. The van der Waals surface area contributed by atoms with Crippen LogP contribution in [-0.4, -0.2) is 29.5 Å². The van der Waals surface area contributed by atoms with Crippen LogP contribution >= 0.6 is 0 Å². The maximum absolute atomic E-state index is 12.1. The number of carbonyl (C=O) groups excluding carboxylic acids is 2. The lowest BCUT2D eigenvalue weighted by atomic mass is 10.1. The van der Waals surface area contributed by atoms with Crippen LogP contribution in [0.5, 0.6) is 0 Å². The summed E-state index contributed by atoms with van der Waals surface area (Å²) in [5.74, 6) is -0.0841. The molecular weight excluding hydrogens is 294 g/mol. The number of hydrogen-bond acceptors (Lipinski definition) is 4. The zero-order valence-electron chi connectivity index (χ0n) is 12.5. The molecule has 0 saturated carbocycles. The number of likely N-dealkylation sites (tertiary alicyclic amines) is 1. The van der Waals surface area contributed by atoms with Crippen molar-refractivity contribution in [2.24, 2.45) is 11.0 Å². The minimum Gasteiger partial charge on any atom is -0.463 e. The number of nitrogens with one attached hydrogen (secondary N) is 1. The van der Waals surface area contributed by atoms with E-state index in [0.717, 1.165) is 5.56 Å². The molecule has 3 rings (SSSR count). The summed E-state index contributed by atoms with van der Waals surface area (Å²) in [6.07, 6.45) is 3.17. The first-order chi connectivity index (χ1) is 11.2. The second-order valence-corrected chi connectivity index (χ2v) is 5.41. The van der Waals surface area contributed by atoms with E-state index in [2.05, 4.69) is 10.5 Å². The Labute approximate surface area is 133 Å². The topological polar surface area (TPSA) is 74.9 Å². The van der Waals surface area contributed by atoms with Crippen molar-refractivity contribution in [2.75, 3.05) is 6.54 Å². The van der Waals surface area contributed by atoms with Gasteiger partial charge < -0.3 is 9.32 Å². The van der Waals surface area contributed by atoms with Gasteiger partial charge in [0.25, 0.3) is 0 Å². The molecule has 0 spiro atoms. The Balaban J connectivity index is 1.53. The van der Waals surface area contributed by atoms with Gasteiger partial charge >= 0.3 is 0 Å². The summed E-state index contributed by atoms with van der Waals surface area (Å²) in [5, 5.41) is 3.84. The summed E-state index contributed by atoms with van der Waals surface area (Å²) in [6, 6.07) is 13.2. The minimum atomic E-state index is -0.375. The average Bonchev–Trinajstić information content (AvgIpc) is 3.19. The average molecular weight is 311 g/mol. The highest BCUT2D eigenvalue weighted by Crippen LogP contribution is 2.20. The van der Waals surface area contributed by atoms with Gasteiger partial charge in [-0.2, -0.15) is 5.10 Å². The Morgan fingerprint density at radius 3 is 2.87 bits per heavy atom. The van der Waals surface area contributed by atoms with Gasteiger partial charge in [0, 0.05) is 19.5 Å². The van der Waals surface area contributed by atoms with Crippen molar-refractivity contribution in [3.63, 3.8) is 0 Å². The highest BCUT2D eigenvalue weighted by atomic mass is 16.3. The first-order valence-corrected chi connectivity index (χ1v) is 7.40. The highest BCUT2D eigenvalue weighted by molar-refractivity contribution is 5.89. The van der Waals surface area contributed by atoms with Gasteiger partial charge in [-0.15, -0.1) is 0 Å². The van der Waals surface area contributed by atoms with Gasteiger partial charge in [0.15, 0.2) is 0 Å². The highest BCUT2D eigenvalue weighted by Gasteiger charge is 2.34. The van der Waals surface area contributed by atoms with Crippen molar-refractivity contribution < 1.29 is 14.0 Å². The third kappa shape index (κ3) is 3.85. The van der Waals surface area contributed by atoms with Crippen LogP contribution in [0.15, 0.2) is 58.2 Å². The lowest BCUT2D eigenvalue weighted by molar-refractivity contribution is -0.129. The summed E-state index contributed by atoms with van der Waals surface area (Å²) in [7, 11) is 0. The molecule has 0 bridgehead atoms. The van der Waals surface area contributed by atoms with E-state index in [4.69, 9.17) is 4.42 Å². The SMILES string of the molecule is O=C(N/N=C/c1ccco1)C1CC(=O)N(Cc2ccccc2)C1. The third-order valence-corrected chi connectivity index (χ3v) is 3.71. The standard InChI is InChI=1S/C17H17N3O3/c21-16-9-14(12-20(16)11-13-5-2-1-3-6-13)17(22)19-18-10-15-7-4-8-23-15/h1-8,10,14H,9,11-12H2,(H,19,22)/b18-10+. The molecule has 6 heteroatoms. The van der Waals surface area contributed by atoms with Crippen molar-refractivity contribution >= 4 is 18.0 Å². The minimum absolute atomic E-state index is 0.0102. The second-order valence-electron chi connectivity index (χ2n) is 5.41. The molecular formula is C17H17N3O3. The van der Waals surface area contributed by atoms with Crippen molar-refractivity contribution in [3.05, 3.63) is 60.1 Å². The van der Waals surface area contributed by atoms with E-state index >= 15 is 0 Å². The summed E-state index contributed by atoms with van der Waals surface area (Å²) in [6.45, 7) is 0.939. The summed E-state index contributed by atoms with van der Waals surface area (Å²) < 4.78 is 5.08. The monoisotopic (exact) mass is 311 g/mol.